The molecule has 7 heteroatoms. The van der Waals surface area contributed by atoms with E-state index in [0.29, 0.717) is 11.3 Å². The lowest BCUT2D eigenvalue weighted by Gasteiger charge is -2.19. The molecule has 0 aliphatic rings. The number of aryl methyl sites for hydroxylation is 1. The summed E-state index contributed by atoms with van der Waals surface area (Å²) in [6.45, 7) is 3.97. The van der Waals surface area contributed by atoms with Crippen LogP contribution in [0.2, 0.25) is 0 Å². The zero-order chi connectivity index (χ0) is 22.4. The molecule has 0 fully saturated rings. The standard InChI is InChI=1S/C24H26N2O4S/c1-4-22(19-12-15-23(30-3)17(2)16-19)25-24(27)18-10-13-20(14-11-18)26-31(28,29)21-8-6-5-7-9-21/h5-16,22,26H,4H2,1-3H3,(H,25,27). The topological polar surface area (TPSA) is 84.5 Å². The molecule has 31 heavy (non-hydrogen) atoms. The third-order valence-corrected chi connectivity index (χ3v) is 6.38. The number of nitrogens with one attached hydrogen (secondary N) is 2. The zero-order valence-electron chi connectivity index (χ0n) is 17.8. The minimum Gasteiger partial charge on any atom is -0.496 e. The van der Waals surface area contributed by atoms with E-state index in [2.05, 4.69) is 10.0 Å². The van der Waals surface area contributed by atoms with Crippen LogP contribution in [0.4, 0.5) is 5.69 Å². The molecular weight excluding hydrogens is 412 g/mol. The Bertz CT molecular complexity index is 1140. The Hall–Kier alpha value is -3.32. The number of anilines is 1. The highest BCUT2D eigenvalue weighted by Gasteiger charge is 2.17. The third kappa shape index (κ3) is 5.44. The van der Waals surface area contributed by atoms with Crippen molar-refractivity contribution in [2.45, 2.75) is 31.2 Å². The van der Waals surface area contributed by atoms with Gasteiger partial charge in [0.1, 0.15) is 5.75 Å². The summed E-state index contributed by atoms with van der Waals surface area (Å²) >= 11 is 0. The summed E-state index contributed by atoms with van der Waals surface area (Å²) in [6, 6.07) is 20.2. The predicted octanol–water partition coefficient (Wildman–Crippen LogP) is 4.69. The van der Waals surface area contributed by atoms with Gasteiger partial charge in [-0.2, -0.15) is 0 Å². The van der Waals surface area contributed by atoms with Gasteiger partial charge in [-0.3, -0.25) is 9.52 Å². The van der Waals surface area contributed by atoms with Crippen molar-refractivity contribution in [3.05, 3.63) is 89.5 Å². The van der Waals surface area contributed by atoms with E-state index < -0.39 is 10.0 Å². The molecule has 2 N–H and O–H groups in total. The van der Waals surface area contributed by atoms with E-state index in [9.17, 15) is 13.2 Å². The number of hydrogen-bond donors (Lipinski definition) is 2. The molecule has 0 aliphatic heterocycles. The van der Waals surface area contributed by atoms with Crippen LogP contribution in [0.1, 0.15) is 40.9 Å². The summed E-state index contributed by atoms with van der Waals surface area (Å²) < 4.78 is 32.7. The molecule has 162 valence electrons. The SMILES string of the molecule is CCC(NC(=O)c1ccc(NS(=O)(=O)c2ccccc2)cc1)c1ccc(OC)c(C)c1. The van der Waals surface area contributed by atoms with Gasteiger partial charge in [-0.25, -0.2) is 8.42 Å². The van der Waals surface area contributed by atoms with Gasteiger partial charge in [0.2, 0.25) is 0 Å². The van der Waals surface area contributed by atoms with Gasteiger partial charge in [0, 0.05) is 11.3 Å². The molecule has 0 radical (unpaired) electrons. The average Bonchev–Trinajstić information content (AvgIpc) is 2.78. The summed E-state index contributed by atoms with van der Waals surface area (Å²) in [5, 5.41) is 3.04. The Labute approximate surface area is 183 Å². The van der Waals surface area contributed by atoms with Crippen molar-refractivity contribution in [1.82, 2.24) is 5.32 Å². The number of ether oxygens (including phenoxy) is 1. The largest absolute Gasteiger partial charge is 0.496 e. The fourth-order valence-electron chi connectivity index (χ4n) is 3.28. The van der Waals surface area contributed by atoms with Crippen LogP contribution in [0, 0.1) is 6.92 Å². The molecule has 0 saturated heterocycles. The smallest absolute Gasteiger partial charge is 0.261 e. The maximum Gasteiger partial charge on any atom is 0.261 e. The Balaban J connectivity index is 1.70. The highest BCUT2D eigenvalue weighted by molar-refractivity contribution is 7.92. The van der Waals surface area contributed by atoms with Gasteiger partial charge in [-0.05, 0) is 66.9 Å². The summed E-state index contributed by atoms with van der Waals surface area (Å²) in [5.41, 5.74) is 2.84. The molecule has 0 aromatic heterocycles. The molecule has 1 atom stereocenters. The van der Waals surface area contributed by atoms with Gasteiger partial charge < -0.3 is 10.1 Å². The van der Waals surface area contributed by atoms with E-state index in [0.717, 1.165) is 23.3 Å². The van der Waals surface area contributed by atoms with Crippen molar-refractivity contribution in [2.75, 3.05) is 11.8 Å². The van der Waals surface area contributed by atoms with Crippen molar-refractivity contribution < 1.29 is 17.9 Å². The minimum absolute atomic E-state index is 0.145. The molecule has 1 unspecified atom stereocenters. The summed E-state index contributed by atoms with van der Waals surface area (Å²) in [7, 11) is -2.05. The molecular formula is C24H26N2O4S. The van der Waals surface area contributed by atoms with Crippen LogP contribution in [-0.4, -0.2) is 21.4 Å². The first-order chi connectivity index (χ1) is 14.8. The molecule has 0 spiro atoms. The molecule has 6 nitrogen and oxygen atoms in total. The molecule has 0 bridgehead atoms. The lowest BCUT2D eigenvalue weighted by Crippen LogP contribution is -2.28. The lowest BCUT2D eigenvalue weighted by atomic mass is 10.0. The van der Waals surface area contributed by atoms with E-state index >= 15 is 0 Å². The monoisotopic (exact) mass is 438 g/mol. The second-order valence-corrected chi connectivity index (χ2v) is 8.84. The van der Waals surface area contributed by atoms with Crippen LogP contribution < -0.4 is 14.8 Å². The van der Waals surface area contributed by atoms with E-state index in [1.54, 1.807) is 49.6 Å². The zero-order valence-corrected chi connectivity index (χ0v) is 18.6. The van der Waals surface area contributed by atoms with Crippen molar-refractivity contribution in [3.63, 3.8) is 0 Å². The quantitative estimate of drug-likeness (QED) is 0.535. The molecule has 0 aliphatic carbocycles. The fourth-order valence-corrected chi connectivity index (χ4v) is 4.36. The number of hydrogen-bond acceptors (Lipinski definition) is 4. The highest BCUT2D eigenvalue weighted by Crippen LogP contribution is 2.25. The Morgan fingerprint density at radius 3 is 2.26 bits per heavy atom. The molecule has 3 aromatic carbocycles. The molecule has 3 rings (SSSR count). The van der Waals surface area contributed by atoms with Crippen molar-refractivity contribution in [2.24, 2.45) is 0 Å². The summed E-state index contributed by atoms with van der Waals surface area (Å²) in [4.78, 5) is 12.9. The Morgan fingerprint density at radius 1 is 1.00 bits per heavy atom. The van der Waals surface area contributed by atoms with Gasteiger partial charge in [-0.1, -0.05) is 37.3 Å². The van der Waals surface area contributed by atoms with E-state index in [1.807, 2.05) is 32.0 Å². The first-order valence-corrected chi connectivity index (χ1v) is 11.5. The van der Waals surface area contributed by atoms with Gasteiger partial charge in [0.25, 0.3) is 15.9 Å². The number of methoxy groups -OCH3 is 1. The average molecular weight is 439 g/mol. The van der Waals surface area contributed by atoms with Crippen LogP contribution >= 0.6 is 0 Å². The molecule has 3 aromatic rings. The van der Waals surface area contributed by atoms with Crippen LogP contribution in [-0.2, 0) is 10.0 Å². The summed E-state index contributed by atoms with van der Waals surface area (Å²) in [5.74, 6) is 0.580. The number of amides is 1. The number of sulfonamides is 1. The van der Waals surface area contributed by atoms with Gasteiger partial charge in [0.05, 0.1) is 18.0 Å². The second-order valence-electron chi connectivity index (χ2n) is 7.16. The third-order valence-electron chi connectivity index (χ3n) is 4.99. The number of rotatable bonds is 8. The Morgan fingerprint density at radius 2 is 1.68 bits per heavy atom. The van der Waals surface area contributed by atoms with Crippen molar-refractivity contribution >= 4 is 21.6 Å². The normalized spacial score (nSPS) is 12.1. The van der Waals surface area contributed by atoms with E-state index in [-0.39, 0.29) is 16.8 Å². The summed E-state index contributed by atoms with van der Waals surface area (Å²) in [6.07, 6.45) is 0.729. The van der Waals surface area contributed by atoms with Gasteiger partial charge in [0.15, 0.2) is 0 Å². The van der Waals surface area contributed by atoms with Crippen LogP contribution in [0.3, 0.4) is 0 Å². The number of benzene rings is 3. The Kier molecular flexibility index (Phi) is 6.97. The minimum atomic E-state index is -3.68. The number of carbonyl (C=O) groups excluding carboxylic acids is 1. The van der Waals surface area contributed by atoms with Gasteiger partial charge in [-0.15, -0.1) is 0 Å². The fraction of sp³-hybridized carbons (Fsp3) is 0.208. The second kappa shape index (κ2) is 9.66. The van der Waals surface area contributed by atoms with Crippen LogP contribution in [0.5, 0.6) is 5.75 Å². The van der Waals surface area contributed by atoms with Crippen molar-refractivity contribution in [1.29, 1.82) is 0 Å². The molecule has 0 heterocycles. The predicted molar refractivity (Wildman–Crippen MR) is 122 cm³/mol. The van der Waals surface area contributed by atoms with Crippen LogP contribution in [0.15, 0.2) is 77.7 Å². The molecule has 1 amide bonds. The maximum atomic E-state index is 12.7. The first kappa shape index (κ1) is 22.4. The lowest BCUT2D eigenvalue weighted by molar-refractivity contribution is 0.0935. The van der Waals surface area contributed by atoms with E-state index in [1.165, 1.54) is 12.1 Å². The highest BCUT2D eigenvalue weighted by atomic mass is 32.2. The van der Waals surface area contributed by atoms with E-state index in [4.69, 9.17) is 4.74 Å². The maximum absolute atomic E-state index is 12.7. The first-order valence-electron chi connectivity index (χ1n) is 9.97. The van der Waals surface area contributed by atoms with Gasteiger partial charge >= 0.3 is 0 Å². The molecule has 0 saturated carbocycles. The van der Waals surface area contributed by atoms with Crippen LogP contribution in [0.25, 0.3) is 0 Å². The van der Waals surface area contributed by atoms with Crippen molar-refractivity contribution in [3.8, 4) is 5.75 Å². The number of carbonyl (C=O) groups is 1.